The molecular formula is C20H23N3O3. The second-order valence-corrected chi connectivity index (χ2v) is 6.68. The highest BCUT2D eigenvalue weighted by Gasteiger charge is 2.42. The second-order valence-electron chi connectivity index (χ2n) is 6.68. The molecule has 1 aliphatic carbocycles. The van der Waals surface area contributed by atoms with Gasteiger partial charge in [-0.2, -0.15) is 5.10 Å². The van der Waals surface area contributed by atoms with Crippen LogP contribution in [0.25, 0.3) is 0 Å². The van der Waals surface area contributed by atoms with Crippen molar-refractivity contribution in [1.29, 1.82) is 0 Å². The Balaban J connectivity index is 1.93. The lowest BCUT2D eigenvalue weighted by Crippen LogP contribution is -2.39. The smallest absolute Gasteiger partial charge is 0.323 e. The van der Waals surface area contributed by atoms with Gasteiger partial charge in [-0.1, -0.05) is 56.0 Å². The average Bonchev–Trinajstić information content (AvgIpc) is 2.91. The minimum absolute atomic E-state index is 0.0345. The lowest BCUT2D eigenvalue weighted by molar-refractivity contribution is -0.142. The molecule has 1 saturated carbocycles. The summed E-state index contributed by atoms with van der Waals surface area (Å²) in [5, 5.41) is 10.3. The van der Waals surface area contributed by atoms with E-state index in [1.807, 2.05) is 30.3 Å². The summed E-state index contributed by atoms with van der Waals surface area (Å²) in [6.45, 7) is 1.39. The molecule has 1 fully saturated rings. The van der Waals surface area contributed by atoms with E-state index in [0.717, 1.165) is 44.1 Å². The van der Waals surface area contributed by atoms with Gasteiger partial charge in [-0.3, -0.25) is 9.59 Å². The number of carbonyl (C=O) groups is 2. The normalized spacial score (nSPS) is 16.3. The Kier molecular flexibility index (Phi) is 5.61. The largest absolute Gasteiger partial charge is 0.403 e. The number of esters is 1. The number of ether oxygens (including phenoxy) is 1. The predicted octanol–water partition coefficient (Wildman–Crippen LogP) is 3.63. The molecule has 6 nitrogen and oxygen atoms in total. The van der Waals surface area contributed by atoms with Gasteiger partial charge in [0, 0.05) is 6.92 Å². The van der Waals surface area contributed by atoms with E-state index in [2.05, 4.69) is 15.5 Å². The van der Waals surface area contributed by atoms with Crippen molar-refractivity contribution in [2.24, 2.45) is 0 Å². The molecule has 1 heterocycles. The van der Waals surface area contributed by atoms with Gasteiger partial charge in [-0.25, -0.2) is 0 Å². The summed E-state index contributed by atoms with van der Waals surface area (Å²) < 4.78 is 5.67. The average molecular weight is 353 g/mol. The maximum Gasteiger partial charge on any atom is 0.323 e. The molecule has 1 aliphatic rings. The SMILES string of the molecule is CC(=O)Nc1ccnnc1OC(=O)C1(c2ccccc2)CCCCCC1. The number of aromatic nitrogens is 2. The monoisotopic (exact) mass is 353 g/mol. The molecule has 0 radical (unpaired) electrons. The van der Waals surface area contributed by atoms with Gasteiger partial charge in [0.15, 0.2) is 0 Å². The van der Waals surface area contributed by atoms with Crippen LogP contribution < -0.4 is 10.1 Å². The highest BCUT2D eigenvalue weighted by atomic mass is 16.5. The molecule has 2 aromatic rings. The van der Waals surface area contributed by atoms with Crippen LogP contribution in [0.2, 0.25) is 0 Å². The first-order valence-corrected chi connectivity index (χ1v) is 8.99. The van der Waals surface area contributed by atoms with Crippen molar-refractivity contribution in [2.45, 2.75) is 50.9 Å². The molecule has 0 aliphatic heterocycles. The molecule has 0 atom stereocenters. The first-order valence-electron chi connectivity index (χ1n) is 8.99. The lowest BCUT2D eigenvalue weighted by Gasteiger charge is -2.30. The van der Waals surface area contributed by atoms with Crippen LogP contribution >= 0.6 is 0 Å². The Labute approximate surface area is 153 Å². The zero-order valence-electron chi connectivity index (χ0n) is 14.9. The van der Waals surface area contributed by atoms with Gasteiger partial charge in [0.2, 0.25) is 5.91 Å². The van der Waals surface area contributed by atoms with Crippen molar-refractivity contribution in [2.75, 3.05) is 5.32 Å². The van der Waals surface area contributed by atoms with Gasteiger partial charge in [0.25, 0.3) is 5.88 Å². The number of nitrogens with one attached hydrogen (secondary N) is 1. The van der Waals surface area contributed by atoms with Gasteiger partial charge in [0.1, 0.15) is 5.69 Å². The van der Waals surface area contributed by atoms with Gasteiger partial charge < -0.3 is 10.1 Å². The zero-order valence-corrected chi connectivity index (χ0v) is 14.9. The van der Waals surface area contributed by atoms with E-state index >= 15 is 0 Å². The number of anilines is 1. The molecule has 0 spiro atoms. The van der Waals surface area contributed by atoms with Gasteiger partial charge in [0.05, 0.1) is 11.6 Å². The van der Waals surface area contributed by atoms with Gasteiger partial charge >= 0.3 is 5.97 Å². The molecule has 1 N–H and O–H groups in total. The molecule has 136 valence electrons. The van der Waals surface area contributed by atoms with E-state index in [0.29, 0.717) is 5.69 Å². The summed E-state index contributed by atoms with van der Waals surface area (Å²) in [6, 6.07) is 11.4. The molecular weight excluding hydrogens is 330 g/mol. The summed E-state index contributed by atoms with van der Waals surface area (Å²) in [5.74, 6) is -0.563. The van der Waals surface area contributed by atoms with Crippen LogP contribution in [0.5, 0.6) is 5.88 Å². The number of benzene rings is 1. The summed E-state index contributed by atoms with van der Waals surface area (Å²) >= 11 is 0. The quantitative estimate of drug-likeness (QED) is 0.670. The van der Waals surface area contributed by atoms with E-state index in [-0.39, 0.29) is 17.8 Å². The second kappa shape index (κ2) is 8.08. The fraction of sp³-hybridized carbons (Fsp3) is 0.400. The van der Waals surface area contributed by atoms with Crippen LogP contribution in [0, 0.1) is 0 Å². The van der Waals surface area contributed by atoms with Crippen LogP contribution in [0.4, 0.5) is 5.69 Å². The van der Waals surface area contributed by atoms with Crippen LogP contribution in [0.1, 0.15) is 51.0 Å². The number of rotatable bonds is 4. The third kappa shape index (κ3) is 3.90. The van der Waals surface area contributed by atoms with Crippen LogP contribution in [-0.2, 0) is 15.0 Å². The van der Waals surface area contributed by atoms with Crippen molar-refractivity contribution in [1.82, 2.24) is 10.2 Å². The van der Waals surface area contributed by atoms with Crippen molar-refractivity contribution in [3.8, 4) is 5.88 Å². The molecule has 1 aromatic carbocycles. The molecule has 6 heteroatoms. The van der Waals surface area contributed by atoms with Crippen LogP contribution in [-0.4, -0.2) is 22.1 Å². The zero-order chi connectivity index (χ0) is 18.4. The third-order valence-electron chi connectivity index (χ3n) is 4.86. The maximum atomic E-state index is 13.3. The highest BCUT2D eigenvalue weighted by molar-refractivity contribution is 5.91. The Morgan fingerprint density at radius 1 is 1.04 bits per heavy atom. The molecule has 3 rings (SSSR count). The van der Waals surface area contributed by atoms with E-state index in [1.54, 1.807) is 6.07 Å². The Morgan fingerprint density at radius 3 is 2.38 bits per heavy atom. The molecule has 0 saturated heterocycles. The first-order chi connectivity index (χ1) is 12.6. The van der Waals surface area contributed by atoms with E-state index < -0.39 is 5.41 Å². The molecule has 0 bridgehead atoms. The summed E-state index contributed by atoms with van der Waals surface area (Å²) in [4.78, 5) is 24.7. The first kappa shape index (κ1) is 18.0. The Bertz CT molecular complexity index is 769. The fourth-order valence-corrected chi connectivity index (χ4v) is 3.56. The molecule has 1 aromatic heterocycles. The summed E-state index contributed by atoms with van der Waals surface area (Å²) in [6.07, 6.45) is 7.11. The topological polar surface area (TPSA) is 81.2 Å². The number of hydrogen-bond acceptors (Lipinski definition) is 5. The predicted molar refractivity (Wildman–Crippen MR) is 97.8 cm³/mol. The van der Waals surface area contributed by atoms with E-state index in [1.165, 1.54) is 13.1 Å². The molecule has 0 unspecified atom stereocenters. The Hall–Kier alpha value is -2.76. The van der Waals surface area contributed by atoms with E-state index in [9.17, 15) is 9.59 Å². The minimum atomic E-state index is -0.692. The maximum absolute atomic E-state index is 13.3. The standard InChI is InChI=1S/C20H23N3O3/c1-15(24)22-17-11-14-21-23-18(17)26-19(25)20(12-7-2-3-8-13-20)16-9-5-4-6-10-16/h4-6,9-11,14H,2-3,7-8,12-13H2,1H3,(H,21,22,24). The number of hydrogen-bond donors (Lipinski definition) is 1. The Morgan fingerprint density at radius 2 is 1.73 bits per heavy atom. The summed E-state index contributed by atoms with van der Waals surface area (Å²) in [5.41, 5.74) is 0.623. The highest BCUT2D eigenvalue weighted by Crippen LogP contribution is 2.40. The van der Waals surface area contributed by atoms with Crippen molar-refractivity contribution in [3.63, 3.8) is 0 Å². The van der Waals surface area contributed by atoms with Gasteiger partial charge in [-0.05, 0) is 24.5 Å². The number of carbonyl (C=O) groups excluding carboxylic acids is 2. The van der Waals surface area contributed by atoms with Crippen molar-refractivity contribution < 1.29 is 14.3 Å². The fourth-order valence-electron chi connectivity index (χ4n) is 3.56. The van der Waals surface area contributed by atoms with Crippen LogP contribution in [0.15, 0.2) is 42.6 Å². The van der Waals surface area contributed by atoms with Crippen molar-refractivity contribution in [3.05, 3.63) is 48.2 Å². The summed E-state index contributed by atoms with van der Waals surface area (Å²) in [7, 11) is 0. The van der Waals surface area contributed by atoms with Crippen molar-refractivity contribution >= 4 is 17.6 Å². The molecule has 26 heavy (non-hydrogen) atoms. The minimum Gasteiger partial charge on any atom is -0.403 e. The van der Waals surface area contributed by atoms with Crippen LogP contribution in [0.3, 0.4) is 0 Å². The number of nitrogens with zero attached hydrogens (tertiary/aromatic N) is 2. The lowest BCUT2D eigenvalue weighted by atomic mass is 9.74. The third-order valence-corrected chi connectivity index (χ3v) is 4.86. The molecule has 1 amide bonds. The van der Waals surface area contributed by atoms with Gasteiger partial charge in [-0.15, -0.1) is 5.10 Å². The number of amides is 1. The van der Waals surface area contributed by atoms with E-state index in [4.69, 9.17) is 4.74 Å².